The smallest absolute Gasteiger partial charge is 0.237 e. The molecule has 0 aromatic heterocycles. The van der Waals surface area contributed by atoms with Gasteiger partial charge in [0.05, 0.1) is 6.04 Å². The number of nitrogens with one attached hydrogen (secondary N) is 1. The fourth-order valence-corrected chi connectivity index (χ4v) is 1.87. The Kier molecular flexibility index (Phi) is 8.23. The van der Waals surface area contributed by atoms with Crippen LogP contribution in [0.25, 0.3) is 0 Å². The van der Waals surface area contributed by atoms with Crippen molar-refractivity contribution in [3.05, 3.63) is 0 Å². The molecule has 0 aliphatic rings. The summed E-state index contributed by atoms with van der Waals surface area (Å²) in [6, 6.07) is -0.123. The molecule has 0 heterocycles. The largest absolute Gasteiger partial charge is 0.352 e. The molecule has 3 heteroatoms. The lowest BCUT2D eigenvalue weighted by atomic mass is 10.0. The van der Waals surface area contributed by atoms with Gasteiger partial charge in [-0.2, -0.15) is 0 Å². The fourth-order valence-electron chi connectivity index (χ4n) is 1.87. The second-order valence-corrected chi connectivity index (χ2v) is 5.97. The van der Waals surface area contributed by atoms with Gasteiger partial charge in [0, 0.05) is 6.04 Å². The lowest BCUT2D eigenvalue weighted by Gasteiger charge is -2.19. The van der Waals surface area contributed by atoms with Crippen molar-refractivity contribution in [2.75, 3.05) is 0 Å². The number of hydrogen-bond donors (Lipinski definition) is 2. The monoisotopic (exact) mass is 242 g/mol. The first-order valence-corrected chi connectivity index (χ1v) is 6.88. The summed E-state index contributed by atoms with van der Waals surface area (Å²) in [7, 11) is 0. The van der Waals surface area contributed by atoms with E-state index in [2.05, 4.69) is 39.9 Å². The molecule has 0 spiro atoms. The highest BCUT2D eigenvalue weighted by molar-refractivity contribution is 5.81. The zero-order valence-electron chi connectivity index (χ0n) is 12.1. The first-order chi connectivity index (χ1) is 7.82. The lowest BCUT2D eigenvalue weighted by molar-refractivity contribution is -0.123. The minimum atomic E-state index is -0.359. The van der Waals surface area contributed by atoms with Gasteiger partial charge in [-0.1, -0.05) is 40.5 Å². The van der Waals surface area contributed by atoms with Gasteiger partial charge in [-0.3, -0.25) is 4.79 Å². The third kappa shape index (κ3) is 9.16. The van der Waals surface area contributed by atoms with Crippen LogP contribution < -0.4 is 11.1 Å². The van der Waals surface area contributed by atoms with Gasteiger partial charge in [0.25, 0.3) is 0 Å². The Morgan fingerprint density at radius 2 is 1.65 bits per heavy atom. The molecular weight excluding hydrogens is 212 g/mol. The summed E-state index contributed by atoms with van der Waals surface area (Å²) in [5.41, 5.74) is 5.83. The first-order valence-electron chi connectivity index (χ1n) is 6.88. The fraction of sp³-hybridized carbons (Fsp3) is 0.929. The average molecular weight is 242 g/mol. The van der Waals surface area contributed by atoms with Crippen molar-refractivity contribution in [3.63, 3.8) is 0 Å². The van der Waals surface area contributed by atoms with Gasteiger partial charge in [0.2, 0.25) is 5.91 Å². The Labute approximate surface area is 107 Å². The predicted octanol–water partition coefficient (Wildman–Crippen LogP) is 2.69. The van der Waals surface area contributed by atoms with E-state index in [1.165, 1.54) is 12.8 Å². The van der Waals surface area contributed by atoms with Crippen LogP contribution in [0.15, 0.2) is 0 Å². The van der Waals surface area contributed by atoms with Crippen LogP contribution in [0.4, 0.5) is 0 Å². The first kappa shape index (κ1) is 16.4. The van der Waals surface area contributed by atoms with Gasteiger partial charge < -0.3 is 11.1 Å². The predicted molar refractivity (Wildman–Crippen MR) is 73.7 cm³/mol. The van der Waals surface area contributed by atoms with Gasteiger partial charge in [0.1, 0.15) is 0 Å². The van der Waals surface area contributed by atoms with E-state index in [0.717, 1.165) is 18.8 Å². The van der Waals surface area contributed by atoms with Crippen LogP contribution in [0.2, 0.25) is 0 Å². The van der Waals surface area contributed by atoms with E-state index in [-0.39, 0.29) is 18.0 Å². The van der Waals surface area contributed by atoms with Crippen LogP contribution in [0, 0.1) is 11.8 Å². The molecule has 0 fully saturated rings. The summed E-state index contributed by atoms with van der Waals surface area (Å²) < 4.78 is 0. The quantitative estimate of drug-likeness (QED) is 0.687. The number of carbonyl (C=O) groups is 1. The molecule has 3 nitrogen and oxygen atoms in total. The second-order valence-electron chi connectivity index (χ2n) is 5.97. The van der Waals surface area contributed by atoms with E-state index < -0.39 is 0 Å². The summed E-state index contributed by atoms with van der Waals surface area (Å²) in [5, 5.41) is 2.99. The highest BCUT2D eigenvalue weighted by atomic mass is 16.2. The van der Waals surface area contributed by atoms with Crippen molar-refractivity contribution in [1.82, 2.24) is 5.32 Å². The van der Waals surface area contributed by atoms with E-state index in [1.54, 1.807) is 0 Å². The van der Waals surface area contributed by atoms with Crippen LogP contribution in [0.5, 0.6) is 0 Å². The highest BCUT2D eigenvalue weighted by Crippen LogP contribution is 2.09. The zero-order valence-corrected chi connectivity index (χ0v) is 12.1. The molecule has 0 aliphatic carbocycles. The molecule has 2 atom stereocenters. The number of nitrogens with two attached hydrogens (primary N) is 1. The van der Waals surface area contributed by atoms with Crippen LogP contribution in [0.1, 0.15) is 60.3 Å². The molecule has 0 radical (unpaired) electrons. The molecule has 17 heavy (non-hydrogen) atoms. The molecule has 0 bridgehead atoms. The Bertz CT molecular complexity index is 214. The topological polar surface area (TPSA) is 55.1 Å². The van der Waals surface area contributed by atoms with Crippen LogP contribution in [-0.4, -0.2) is 18.0 Å². The van der Waals surface area contributed by atoms with E-state index in [0.29, 0.717) is 5.92 Å². The normalized spacial score (nSPS) is 15.1. The van der Waals surface area contributed by atoms with E-state index >= 15 is 0 Å². The molecule has 0 aromatic rings. The zero-order chi connectivity index (χ0) is 13.4. The third-order valence-corrected chi connectivity index (χ3v) is 2.87. The number of rotatable bonds is 8. The van der Waals surface area contributed by atoms with Gasteiger partial charge in [0.15, 0.2) is 0 Å². The Balaban J connectivity index is 3.79. The summed E-state index contributed by atoms with van der Waals surface area (Å²) in [6.45, 7) is 10.7. The van der Waals surface area contributed by atoms with Crippen molar-refractivity contribution in [3.8, 4) is 0 Å². The van der Waals surface area contributed by atoms with Crippen molar-refractivity contribution in [2.24, 2.45) is 17.6 Å². The van der Waals surface area contributed by atoms with Gasteiger partial charge in [-0.25, -0.2) is 0 Å². The molecule has 1 unspecified atom stereocenters. The number of amides is 1. The maximum Gasteiger partial charge on any atom is 0.237 e. The maximum absolute atomic E-state index is 11.7. The third-order valence-electron chi connectivity index (χ3n) is 2.87. The van der Waals surface area contributed by atoms with Crippen molar-refractivity contribution >= 4 is 5.91 Å². The molecule has 3 N–H and O–H groups in total. The summed E-state index contributed by atoms with van der Waals surface area (Å²) in [5.74, 6) is 1.20. The minimum Gasteiger partial charge on any atom is -0.352 e. The lowest BCUT2D eigenvalue weighted by Crippen LogP contribution is -2.45. The molecule has 0 saturated heterocycles. The van der Waals surface area contributed by atoms with E-state index in [4.69, 9.17) is 5.73 Å². The van der Waals surface area contributed by atoms with Crippen molar-refractivity contribution in [2.45, 2.75) is 72.4 Å². The summed E-state index contributed by atoms with van der Waals surface area (Å²) in [4.78, 5) is 11.7. The molecule has 0 saturated carbocycles. The van der Waals surface area contributed by atoms with Crippen molar-refractivity contribution < 1.29 is 4.79 Å². The molecule has 0 rings (SSSR count). The maximum atomic E-state index is 11.7. The van der Waals surface area contributed by atoms with Crippen LogP contribution in [0.3, 0.4) is 0 Å². The van der Waals surface area contributed by atoms with Crippen LogP contribution in [-0.2, 0) is 4.79 Å². The molecular formula is C14H30N2O. The summed E-state index contributed by atoms with van der Waals surface area (Å²) >= 11 is 0. The molecule has 102 valence electrons. The van der Waals surface area contributed by atoms with Gasteiger partial charge in [-0.05, 0) is 31.6 Å². The molecule has 1 amide bonds. The number of hydrogen-bond acceptors (Lipinski definition) is 2. The summed E-state index contributed by atoms with van der Waals surface area (Å²) in [6.07, 6.45) is 4.18. The number of carbonyl (C=O) groups excluding carboxylic acids is 1. The standard InChI is InChI=1S/C14H30N2O/c1-10(2)7-6-8-12(5)16-14(17)13(15)9-11(3)4/h10-13H,6-9,15H2,1-5H3,(H,16,17)/t12?,13-/m0/s1. The van der Waals surface area contributed by atoms with Crippen LogP contribution >= 0.6 is 0 Å². The van der Waals surface area contributed by atoms with E-state index in [1.807, 2.05) is 0 Å². The Hall–Kier alpha value is -0.570. The SMILES string of the molecule is CC(C)CCCC(C)NC(=O)[C@@H](N)CC(C)C. The minimum absolute atomic E-state index is 0.00394. The average Bonchev–Trinajstić information content (AvgIpc) is 2.15. The Morgan fingerprint density at radius 3 is 2.12 bits per heavy atom. The van der Waals surface area contributed by atoms with Gasteiger partial charge in [-0.15, -0.1) is 0 Å². The second kappa shape index (κ2) is 8.51. The highest BCUT2D eigenvalue weighted by Gasteiger charge is 2.16. The van der Waals surface area contributed by atoms with E-state index in [9.17, 15) is 4.79 Å². The van der Waals surface area contributed by atoms with Gasteiger partial charge >= 0.3 is 0 Å². The van der Waals surface area contributed by atoms with Crippen molar-refractivity contribution in [1.29, 1.82) is 0 Å². The molecule has 0 aromatic carbocycles. The Morgan fingerprint density at radius 1 is 1.06 bits per heavy atom. The molecule has 0 aliphatic heterocycles.